The third-order valence-electron chi connectivity index (χ3n) is 17.2. The first-order chi connectivity index (χ1) is 58.8. The van der Waals surface area contributed by atoms with E-state index in [1.807, 2.05) is 85.8 Å². The zero-order valence-electron chi connectivity index (χ0n) is 67.9. The van der Waals surface area contributed by atoms with Crippen LogP contribution in [0.15, 0.2) is 263 Å². The van der Waals surface area contributed by atoms with Gasteiger partial charge in [-0.1, -0.05) is 204 Å². The second-order valence-corrected chi connectivity index (χ2v) is 29.1. The minimum atomic E-state index is -0.309. The number of rotatable bonds is 32. The van der Waals surface area contributed by atoms with E-state index in [4.69, 9.17) is 46.4 Å². The zero-order valence-corrected chi connectivity index (χ0v) is 70.9. The summed E-state index contributed by atoms with van der Waals surface area (Å²) in [6, 6.07) is 57.9. The molecule has 12 aromatic rings. The molecule has 12 rings (SSSR count). The zero-order chi connectivity index (χ0) is 87.6. The number of carbonyl (C=O) groups is 6. The van der Waals surface area contributed by atoms with E-state index in [0.717, 1.165) is 46.6 Å². The van der Waals surface area contributed by atoms with Gasteiger partial charge in [0.15, 0.2) is 29.1 Å². The number of para-hydroxylation sites is 4. The molecule has 0 spiro atoms. The van der Waals surface area contributed by atoms with Crippen LogP contribution in [-0.4, -0.2) is 89.3 Å². The highest BCUT2D eigenvalue weighted by Crippen LogP contribution is 2.34. The van der Waals surface area contributed by atoms with Crippen LogP contribution in [0.3, 0.4) is 0 Å². The van der Waals surface area contributed by atoms with E-state index in [1.54, 1.807) is 124 Å². The lowest BCUT2D eigenvalue weighted by molar-refractivity contribution is -0.114. The highest BCUT2D eigenvalue weighted by atomic mass is 35.5. The molecule has 0 saturated carbocycles. The van der Waals surface area contributed by atoms with Gasteiger partial charge in [-0.25, -0.2) is 19.9 Å². The summed E-state index contributed by atoms with van der Waals surface area (Å²) in [7, 11) is 3.12. The molecule has 0 bridgehead atoms. The summed E-state index contributed by atoms with van der Waals surface area (Å²) in [5.41, 5.74) is 13.2. The maximum Gasteiger partial charge on any atom is 0.253 e. The number of halogens is 4. The highest BCUT2D eigenvalue weighted by Gasteiger charge is 2.19. The molecule has 31 heteroatoms. The molecule has 5 amide bonds. The van der Waals surface area contributed by atoms with Gasteiger partial charge >= 0.3 is 0 Å². The number of nitrogens with one attached hydrogen (secondary N) is 13. The molecule has 0 aliphatic heterocycles. The number of benzene rings is 8. The smallest absolute Gasteiger partial charge is 0.253 e. The van der Waals surface area contributed by atoms with Crippen LogP contribution in [-0.2, 0) is 45.0 Å². The molecule has 0 aliphatic carbocycles. The average Bonchev–Trinajstić information content (AvgIpc) is 0.832. The number of carbonyl (C=O) groups excluding carboxylic acids is 6. The van der Waals surface area contributed by atoms with Crippen LogP contribution in [0.1, 0.15) is 76.2 Å². The number of hydrogen-bond acceptors (Lipinski definition) is 22. The summed E-state index contributed by atoms with van der Waals surface area (Å²) in [5.74, 6) is 2.88. The Hall–Kier alpha value is -14.4. The molecular formula is C91H91Cl4N21O6. The molecule has 27 nitrogen and oxygen atoms in total. The van der Waals surface area contributed by atoms with E-state index in [2.05, 4.69) is 175 Å². The first kappa shape index (κ1) is 91.5. The van der Waals surface area contributed by atoms with Gasteiger partial charge in [0.2, 0.25) is 41.5 Å². The van der Waals surface area contributed by atoms with E-state index in [9.17, 15) is 28.8 Å². The predicted octanol–water partition coefficient (Wildman–Crippen LogP) is 20.4. The maximum atomic E-state index is 12.1. The molecule has 0 aliphatic rings. The maximum absolute atomic E-state index is 12.1. The van der Waals surface area contributed by atoms with Gasteiger partial charge in [0.05, 0.1) is 47.3 Å². The van der Waals surface area contributed by atoms with E-state index in [1.165, 1.54) is 47.8 Å². The average molecular weight is 1720 g/mol. The minimum Gasteiger partial charge on any atom is -0.355 e. The Morgan fingerprint density at radius 1 is 0.369 bits per heavy atom. The second-order valence-electron chi connectivity index (χ2n) is 27.5. The van der Waals surface area contributed by atoms with Crippen molar-refractivity contribution in [2.45, 2.75) is 60.4 Å². The molecule has 0 unspecified atom stereocenters. The SMILES string of the molecule is C=CC(=O)Cc1cccc(CNc2ncc(Cl)c(Nc3ccccc3CC(C)C)n2)c1.C=CC(=O)Nc1ccc(C)c(Nc2ncc(Cl)c(Nc3ccccc3C(=O)NC)n2)c1.C=CC(=O)Nc1cccc(Nc2ncc(Cl)c(Nc3ccccc3C(=O)NC)n2)c1.C=CC(=O)Nc1cccc(Nc2ncc(Cl)c(Nc3ccccc3CC(C)C)n2)c1. The van der Waals surface area contributed by atoms with Crippen molar-refractivity contribution >= 4 is 186 Å². The number of aromatic nitrogens is 8. The highest BCUT2D eigenvalue weighted by molar-refractivity contribution is 6.34. The number of nitrogens with zero attached hydrogens (tertiary/aromatic N) is 8. The molecular weight excluding hydrogens is 1620 g/mol. The number of amides is 5. The Balaban J connectivity index is 0.000000185. The molecule has 0 saturated heterocycles. The number of hydrogen-bond donors (Lipinski definition) is 13. The van der Waals surface area contributed by atoms with Crippen LogP contribution in [0.25, 0.3) is 0 Å². The largest absolute Gasteiger partial charge is 0.355 e. The van der Waals surface area contributed by atoms with Crippen LogP contribution < -0.4 is 69.1 Å². The van der Waals surface area contributed by atoms with Crippen molar-refractivity contribution in [3.63, 3.8) is 0 Å². The van der Waals surface area contributed by atoms with Gasteiger partial charge in [0.25, 0.3) is 11.8 Å². The summed E-state index contributed by atoms with van der Waals surface area (Å²) in [6.45, 7) is 25.0. The Morgan fingerprint density at radius 2 is 0.730 bits per heavy atom. The van der Waals surface area contributed by atoms with E-state index >= 15 is 0 Å². The summed E-state index contributed by atoms with van der Waals surface area (Å²) >= 11 is 25.2. The van der Waals surface area contributed by atoms with Crippen molar-refractivity contribution in [3.8, 4) is 0 Å². The lowest BCUT2D eigenvalue weighted by Crippen LogP contribution is -2.19. The van der Waals surface area contributed by atoms with E-state index < -0.39 is 0 Å². The molecule has 0 fully saturated rings. The minimum absolute atomic E-state index is 0.000363. The molecule has 8 aromatic carbocycles. The molecule has 4 aromatic heterocycles. The lowest BCUT2D eigenvalue weighted by Gasteiger charge is -2.15. The van der Waals surface area contributed by atoms with Crippen LogP contribution in [0.2, 0.25) is 20.1 Å². The van der Waals surface area contributed by atoms with Crippen molar-refractivity contribution in [2.75, 3.05) is 72.6 Å². The molecule has 0 radical (unpaired) electrons. The second kappa shape index (κ2) is 46.1. The van der Waals surface area contributed by atoms with E-state index in [-0.39, 0.29) is 41.3 Å². The fraction of sp³-hybridized carbons (Fsp3) is 0.143. The molecule has 4 heterocycles. The van der Waals surface area contributed by atoms with E-state index in [0.29, 0.717) is 137 Å². The Kier molecular flexibility index (Phi) is 34.6. The van der Waals surface area contributed by atoms with Gasteiger partial charge in [-0.2, -0.15) is 19.9 Å². The van der Waals surface area contributed by atoms with Crippen molar-refractivity contribution < 1.29 is 28.8 Å². The summed E-state index contributed by atoms with van der Waals surface area (Å²) in [6.07, 6.45) is 13.3. The van der Waals surface area contributed by atoms with Crippen molar-refractivity contribution in [3.05, 3.63) is 322 Å². The van der Waals surface area contributed by atoms with Crippen LogP contribution in [0.5, 0.6) is 0 Å². The Bertz CT molecular complexity index is 5760. The number of allylic oxidation sites excluding steroid dienone is 1. The molecule has 122 heavy (non-hydrogen) atoms. The first-order valence-corrected chi connectivity index (χ1v) is 39.7. The topological polar surface area (TPSA) is 362 Å². The number of aryl methyl sites for hydroxylation is 1. The number of ketones is 1. The standard InChI is InChI=1S/C25H27ClN4O.C23H24ClN5O.C22H21ClN6O2.C21H19ClN6O2/c1-4-21(31)14-18-8-7-9-19(13-18)15-27-25-28-16-22(26)24(30-25)29-23-11-6-5-10-20(23)12-17(2)3;1-4-21(30)26-17-9-7-10-18(13-17)27-23-25-14-19(24)22(29-23)28-20-11-6-5-8-16(20)12-15(2)3;1-4-19(30)26-14-10-9-13(2)18(11-14)28-22-25-12-16(23)20(29-22)27-17-8-6-5-7-15(17)21(31)24-3;1-3-18(29)25-13-7-6-8-14(11-13)26-21-24-12-16(22)19(28-21)27-17-10-5-4-9-15(17)20(30)23-2/h4-11,13,16-17H,1,12,14-15H2,2-3H3,(H2,27,28,29,30);4-11,13-15H,1,12H2,2-3H3,(H,26,30)(H2,25,27,28,29);4-12H,1H2,2-3H3,(H,24,31)(H,26,30)(H2,25,27,28,29);3-12H,1H2,2H3,(H,23,30)(H,25,29)(H2,24,26,27,28). The third-order valence-corrected chi connectivity index (χ3v) is 18.3. The lowest BCUT2D eigenvalue weighted by atomic mass is 10.0. The van der Waals surface area contributed by atoms with Crippen LogP contribution in [0.4, 0.5) is 104 Å². The van der Waals surface area contributed by atoms with Gasteiger partial charge in [-0.3, -0.25) is 28.8 Å². The summed E-state index contributed by atoms with van der Waals surface area (Å²) < 4.78 is 0. The van der Waals surface area contributed by atoms with Gasteiger partial charge in [0, 0.05) is 72.6 Å². The first-order valence-electron chi connectivity index (χ1n) is 38.1. The van der Waals surface area contributed by atoms with Crippen molar-refractivity contribution in [1.82, 2.24) is 50.5 Å². The van der Waals surface area contributed by atoms with Crippen LogP contribution in [0, 0.1) is 18.8 Å². The summed E-state index contributed by atoms with van der Waals surface area (Å²) in [4.78, 5) is 105. The predicted molar refractivity (Wildman–Crippen MR) is 494 cm³/mol. The molecule has 624 valence electrons. The Labute approximate surface area is 727 Å². The van der Waals surface area contributed by atoms with Crippen molar-refractivity contribution in [2.24, 2.45) is 11.8 Å². The fourth-order valence-corrected chi connectivity index (χ4v) is 12.0. The summed E-state index contributed by atoms with van der Waals surface area (Å²) in [5, 5.41) is 40.2. The number of anilines is 18. The Morgan fingerprint density at radius 3 is 1.15 bits per heavy atom. The fourth-order valence-electron chi connectivity index (χ4n) is 11.4. The van der Waals surface area contributed by atoms with Gasteiger partial charge < -0.3 is 69.1 Å². The third kappa shape index (κ3) is 28.4. The monoisotopic (exact) mass is 1710 g/mol. The van der Waals surface area contributed by atoms with Crippen molar-refractivity contribution in [1.29, 1.82) is 0 Å². The normalized spacial score (nSPS) is 10.4. The quantitative estimate of drug-likeness (QED) is 0.0174. The van der Waals surface area contributed by atoms with Gasteiger partial charge in [-0.15, -0.1) is 0 Å². The molecule has 0 atom stereocenters. The molecule has 13 N–H and O–H groups in total. The van der Waals surface area contributed by atoms with Gasteiger partial charge in [-0.05, 0) is 169 Å². The van der Waals surface area contributed by atoms with Gasteiger partial charge in [0.1, 0.15) is 20.1 Å². The van der Waals surface area contributed by atoms with Crippen LogP contribution >= 0.6 is 46.4 Å².